The molecule has 0 radical (unpaired) electrons. The number of nitrogens with zero attached hydrogens (tertiary/aromatic N) is 3. The lowest BCUT2D eigenvalue weighted by molar-refractivity contribution is -0.144. The van der Waals surface area contributed by atoms with Crippen molar-refractivity contribution in [2.75, 3.05) is 0 Å². The first-order valence-corrected chi connectivity index (χ1v) is 9.65. The highest BCUT2D eigenvalue weighted by atomic mass is 16.3. The second kappa shape index (κ2) is 5.47. The molecule has 0 spiro atoms. The summed E-state index contributed by atoms with van der Waals surface area (Å²) in [6.45, 7) is 4.59. The summed E-state index contributed by atoms with van der Waals surface area (Å²) in [6.07, 6.45) is 7.42. The van der Waals surface area contributed by atoms with Crippen molar-refractivity contribution in [2.45, 2.75) is 77.4 Å². The van der Waals surface area contributed by atoms with E-state index in [1.165, 1.54) is 6.42 Å². The third-order valence-electron chi connectivity index (χ3n) is 8.59. The summed E-state index contributed by atoms with van der Waals surface area (Å²) in [4.78, 5) is 15.4. The zero-order valence-corrected chi connectivity index (χ0v) is 14.8. The number of fused-ring (bicyclic) bond motifs is 5. The molecule has 0 aromatic carbocycles. The first-order valence-electron chi connectivity index (χ1n) is 9.65. The van der Waals surface area contributed by atoms with Crippen LogP contribution in [0.4, 0.5) is 0 Å². The van der Waals surface area contributed by atoms with E-state index in [1.807, 2.05) is 0 Å². The minimum Gasteiger partial charge on any atom is -0.393 e. The Labute approximate surface area is 143 Å². The lowest BCUT2D eigenvalue weighted by atomic mass is 9.45. The minimum atomic E-state index is -0.488. The third-order valence-corrected chi connectivity index (χ3v) is 8.59. The number of carbonyl (C=O) groups excluding carboxylic acids is 1. The van der Waals surface area contributed by atoms with Crippen LogP contribution in [0, 0.1) is 34.5 Å². The zero-order chi connectivity index (χ0) is 17.1. The molecule has 0 saturated heterocycles. The first kappa shape index (κ1) is 16.4. The van der Waals surface area contributed by atoms with Crippen LogP contribution in [0.5, 0.6) is 0 Å². The Morgan fingerprint density at radius 1 is 1.21 bits per heavy atom. The maximum Gasteiger partial charge on any atom is 0.139 e. The summed E-state index contributed by atoms with van der Waals surface area (Å²) in [7, 11) is 0. The van der Waals surface area contributed by atoms with E-state index in [4.69, 9.17) is 5.53 Å². The third kappa shape index (κ3) is 2.10. The van der Waals surface area contributed by atoms with Crippen LogP contribution >= 0.6 is 0 Å². The summed E-state index contributed by atoms with van der Waals surface area (Å²) in [5, 5.41) is 14.3. The second-order valence-electron chi connectivity index (χ2n) is 9.35. The Kier molecular flexibility index (Phi) is 3.74. The van der Waals surface area contributed by atoms with Gasteiger partial charge in [-0.05, 0) is 79.6 Å². The largest absolute Gasteiger partial charge is 0.393 e. The summed E-state index contributed by atoms with van der Waals surface area (Å²) in [5.74, 6) is 2.82. The molecule has 4 aliphatic rings. The first-order chi connectivity index (χ1) is 11.4. The lowest BCUT2D eigenvalue weighted by Crippen LogP contribution is -2.56. The molecule has 0 unspecified atom stereocenters. The molecule has 0 amide bonds. The summed E-state index contributed by atoms with van der Waals surface area (Å²) in [5.41, 5.74) is 8.91. The monoisotopic (exact) mass is 331 g/mol. The molecular formula is C19H29N3O2. The Balaban J connectivity index is 1.65. The smallest absolute Gasteiger partial charge is 0.139 e. The van der Waals surface area contributed by atoms with Crippen molar-refractivity contribution in [1.29, 1.82) is 0 Å². The fraction of sp³-hybridized carbons (Fsp3) is 0.947. The van der Waals surface area contributed by atoms with Crippen LogP contribution in [0.25, 0.3) is 10.4 Å². The average molecular weight is 331 g/mol. The SMILES string of the molecule is C[C@]12C[C@@H](N=[N+]=[N-])[C@H](O)C[C@H]1CC[C@@H]1[C@@H]2CC[C@]2(C)C(=O)CC[C@@H]12. The molecule has 4 saturated carbocycles. The maximum atomic E-state index is 12.5. The van der Waals surface area contributed by atoms with Gasteiger partial charge in [-0.25, -0.2) is 0 Å². The van der Waals surface area contributed by atoms with Gasteiger partial charge in [0.2, 0.25) is 0 Å². The van der Waals surface area contributed by atoms with Crippen LogP contribution in [0.1, 0.15) is 65.2 Å². The number of Topliss-reactive ketones (excluding diaryl/α,β-unsaturated/α-hetero) is 1. The van der Waals surface area contributed by atoms with Gasteiger partial charge in [0.05, 0.1) is 12.1 Å². The number of azide groups is 1. The topological polar surface area (TPSA) is 86.1 Å². The lowest BCUT2D eigenvalue weighted by Gasteiger charge is -2.60. The van der Waals surface area contributed by atoms with Crippen molar-refractivity contribution in [1.82, 2.24) is 0 Å². The van der Waals surface area contributed by atoms with E-state index in [9.17, 15) is 9.90 Å². The molecule has 0 aromatic rings. The predicted octanol–water partition coefficient (Wildman–Crippen LogP) is 4.25. The summed E-state index contributed by atoms with van der Waals surface area (Å²) >= 11 is 0. The van der Waals surface area contributed by atoms with E-state index in [2.05, 4.69) is 23.9 Å². The Morgan fingerprint density at radius 2 is 2.00 bits per heavy atom. The average Bonchev–Trinajstić information content (AvgIpc) is 2.85. The fourth-order valence-electron chi connectivity index (χ4n) is 7.23. The molecule has 0 aliphatic heterocycles. The molecule has 8 atom stereocenters. The van der Waals surface area contributed by atoms with Crippen molar-refractivity contribution in [3.8, 4) is 0 Å². The van der Waals surface area contributed by atoms with Gasteiger partial charge in [0.1, 0.15) is 5.78 Å². The molecule has 132 valence electrons. The molecule has 1 N–H and O–H groups in total. The normalized spacial score (nSPS) is 53.5. The highest BCUT2D eigenvalue weighted by Crippen LogP contribution is 2.65. The molecule has 0 heterocycles. The number of carbonyl (C=O) groups is 1. The molecule has 5 nitrogen and oxygen atoms in total. The van der Waals surface area contributed by atoms with Gasteiger partial charge in [-0.2, -0.15) is 0 Å². The van der Waals surface area contributed by atoms with E-state index in [-0.39, 0.29) is 16.9 Å². The van der Waals surface area contributed by atoms with Crippen molar-refractivity contribution >= 4 is 5.78 Å². The number of aliphatic hydroxyl groups excluding tert-OH is 1. The molecule has 4 aliphatic carbocycles. The maximum absolute atomic E-state index is 12.5. The summed E-state index contributed by atoms with van der Waals surface area (Å²) in [6, 6.07) is -0.284. The fourth-order valence-corrected chi connectivity index (χ4v) is 7.23. The van der Waals surface area contributed by atoms with Gasteiger partial charge in [0.25, 0.3) is 0 Å². The number of rotatable bonds is 1. The van der Waals surface area contributed by atoms with Crippen LogP contribution in [0.2, 0.25) is 0 Å². The van der Waals surface area contributed by atoms with Gasteiger partial charge in [-0.1, -0.05) is 19.0 Å². The highest BCUT2D eigenvalue weighted by molar-refractivity contribution is 5.87. The quantitative estimate of drug-likeness (QED) is 0.442. The van der Waals surface area contributed by atoms with Crippen LogP contribution in [0.15, 0.2) is 5.11 Å². The molecule has 4 rings (SSSR count). The zero-order valence-electron chi connectivity index (χ0n) is 14.8. The highest BCUT2D eigenvalue weighted by Gasteiger charge is 2.61. The number of ketones is 1. The molecule has 0 aromatic heterocycles. The van der Waals surface area contributed by atoms with E-state index in [0.717, 1.165) is 44.9 Å². The molecule has 24 heavy (non-hydrogen) atoms. The number of hydrogen-bond acceptors (Lipinski definition) is 3. The van der Waals surface area contributed by atoms with E-state index in [1.54, 1.807) is 0 Å². The van der Waals surface area contributed by atoms with Crippen LogP contribution in [0.3, 0.4) is 0 Å². The summed E-state index contributed by atoms with van der Waals surface area (Å²) < 4.78 is 0. The number of aliphatic hydroxyl groups is 1. The molecule has 0 bridgehead atoms. The van der Waals surface area contributed by atoms with Crippen molar-refractivity contribution in [2.24, 2.45) is 39.6 Å². The van der Waals surface area contributed by atoms with Gasteiger partial charge in [-0.3, -0.25) is 4.79 Å². The van der Waals surface area contributed by atoms with Gasteiger partial charge >= 0.3 is 0 Å². The molecule has 4 fully saturated rings. The van der Waals surface area contributed by atoms with Crippen molar-refractivity contribution < 1.29 is 9.90 Å². The van der Waals surface area contributed by atoms with Crippen LogP contribution in [-0.2, 0) is 4.79 Å². The van der Waals surface area contributed by atoms with Gasteiger partial charge in [0, 0.05) is 16.7 Å². The van der Waals surface area contributed by atoms with E-state index >= 15 is 0 Å². The number of hydrogen-bond donors (Lipinski definition) is 1. The van der Waals surface area contributed by atoms with E-state index < -0.39 is 6.10 Å². The van der Waals surface area contributed by atoms with Crippen LogP contribution < -0.4 is 0 Å². The Bertz CT molecular complexity index is 601. The second-order valence-corrected chi connectivity index (χ2v) is 9.35. The minimum absolute atomic E-state index is 0.0806. The van der Waals surface area contributed by atoms with Crippen molar-refractivity contribution in [3.05, 3.63) is 10.4 Å². The van der Waals surface area contributed by atoms with E-state index in [0.29, 0.717) is 29.5 Å². The Morgan fingerprint density at radius 3 is 2.75 bits per heavy atom. The predicted molar refractivity (Wildman–Crippen MR) is 91.1 cm³/mol. The van der Waals surface area contributed by atoms with Gasteiger partial charge < -0.3 is 5.11 Å². The standard InChI is InChI=1S/C19H29N3O2/c1-18-8-7-14-12(13(18)5-6-17(18)24)4-3-11-9-16(23)15(21-22-20)10-19(11,14)2/h11-16,23H,3-10H2,1-2H3/t11-,12+,13+,14+,15-,16-,18+,19+/m1/s1. The van der Waals surface area contributed by atoms with Crippen molar-refractivity contribution in [3.63, 3.8) is 0 Å². The van der Waals surface area contributed by atoms with Gasteiger partial charge in [0.15, 0.2) is 0 Å². The molecule has 5 heteroatoms. The van der Waals surface area contributed by atoms with Gasteiger partial charge in [-0.15, -0.1) is 0 Å². The van der Waals surface area contributed by atoms with Crippen LogP contribution in [-0.4, -0.2) is 23.0 Å². The molecular weight excluding hydrogens is 302 g/mol. The Hall–Kier alpha value is -1.06.